The highest BCUT2D eigenvalue weighted by molar-refractivity contribution is 5.79. The van der Waals surface area contributed by atoms with Crippen LogP contribution >= 0.6 is 0 Å². The predicted octanol–water partition coefficient (Wildman–Crippen LogP) is -5.02. The molecule has 0 unspecified atom stereocenters. The van der Waals surface area contributed by atoms with Gasteiger partial charge in [-0.2, -0.15) is 0 Å². The number of esters is 1. The van der Waals surface area contributed by atoms with Crippen molar-refractivity contribution in [1.29, 1.82) is 0 Å². The molecule has 5 aliphatic carbocycles. The van der Waals surface area contributed by atoms with Crippen LogP contribution in [-0.2, 0) is 66.4 Å². The average Bonchev–Trinajstić information content (AvgIpc) is 0.669. The second kappa shape index (κ2) is 27.3. The number of ether oxygens (including phenoxy) is 12. The molecule has 96 heavy (non-hydrogen) atoms. The first-order valence-electron chi connectivity index (χ1n) is 33.6. The number of carbonyl (C=O) groups excluding carboxylic acids is 1. The third-order valence-corrected chi connectivity index (χ3v) is 24.7. The summed E-state index contributed by atoms with van der Waals surface area (Å²) in [6, 6.07) is 0. The molecular weight excluding hydrogens is 1280 g/mol. The Kier molecular flexibility index (Phi) is 21.3. The molecule has 0 spiro atoms. The first-order valence-corrected chi connectivity index (χ1v) is 33.6. The van der Waals surface area contributed by atoms with Gasteiger partial charge in [0.05, 0.1) is 61.9 Å². The van der Waals surface area contributed by atoms with Gasteiger partial charge in [0.1, 0.15) is 104 Å². The Hall–Kier alpha value is -2.44. The lowest BCUT2D eigenvalue weighted by Crippen LogP contribution is -2.72. The summed E-state index contributed by atoms with van der Waals surface area (Å²) in [6.45, 7) is 14.5. The van der Waals surface area contributed by atoms with E-state index in [1.807, 2.05) is 6.92 Å². The van der Waals surface area contributed by atoms with Gasteiger partial charge < -0.3 is 149 Å². The van der Waals surface area contributed by atoms with Gasteiger partial charge >= 0.3 is 11.9 Å². The van der Waals surface area contributed by atoms with Crippen LogP contribution in [0, 0.1) is 50.2 Å². The molecule has 32 heteroatoms. The number of aliphatic hydroxyl groups is 17. The number of allylic oxidation sites excluding steroid dienone is 2. The quantitative estimate of drug-likeness (QED) is 0.0440. The van der Waals surface area contributed by atoms with Gasteiger partial charge in [-0.1, -0.05) is 53.2 Å². The summed E-state index contributed by atoms with van der Waals surface area (Å²) < 4.78 is 72.0. The van der Waals surface area contributed by atoms with Gasteiger partial charge in [0.25, 0.3) is 0 Å². The highest BCUT2D eigenvalue weighted by Crippen LogP contribution is 2.76. The number of carboxylic acids is 1. The first kappa shape index (κ1) is 74.7. The monoisotopic (exact) mass is 1380 g/mol. The molecule has 0 aromatic carbocycles. The summed E-state index contributed by atoms with van der Waals surface area (Å²) in [5, 5.41) is 201. The van der Waals surface area contributed by atoms with E-state index in [0.29, 0.717) is 32.1 Å². The molecule has 0 radical (unpaired) electrons. The maximum absolute atomic E-state index is 15.7. The number of carbonyl (C=O) groups is 2. The number of rotatable bonds is 14. The number of fused-ring (bicyclic) bond motifs is 7. The van der Waals surface area contributed by atoms with Crippen LogP contribution in [0.3, 0.4) is 0 Å². The molecular formula is C64H102O32. The fraction of sp³-hybridized carbons (Fsp3) is 0.938. The highest BCUT2D eigenvalue weighted by atomic mass is 16.8. The minimum atomic E-state index is -2.09. The number of hydrogen-bond acceptors (Lipinski definition) is 31. The van der Waals surface area contributed by atoms with Crippen molar-refractivity contribution in [2.45, 2.75) is 304 Å². The van der Waals surface area contributed by atoms with Gasteiger partial charge in [0, 0.05) is 11.3 Å². The number of hydrogen-bond donors (Lipinski definition) is 18. The molecule has 6 aliphatic heterocycles. The van der Waals surface area contributed by atoms with Crippen LogP contribution in [0.4, 0.5) is 0 Å². The van der Waals surface area contributed by atoms with Gasteiger partial charge in [-0.25, -0.2) is 4.79 Å². The molecule has 32 nitrogen and oxygen atoms in total. The van der Waals surface area contributed by atoms with Crippen molar-refractivity contribution in [1.82, 2.24) is 0 Å². The number of carboxylic acid groups (broad SMARTS) is 1. The zero-order chi connectivity index (χ0) is 70.3. The third-order valence-electron chi connectivity index (χ3n) is 24.7. The van der Waals surface area contributed by atoms with Crippen LogP contribution in [-0.4, -0.2) is 314 Å². The Morgan fingerprint density at radius 1 is 0.490 bits per heavy atom. The maximum atomic E-state index is 15.7. The number of aliphatic carboxylic acids is 1. The van der Waals surface area contributed by atoms with Crippen LogP contribution < -0.4 is 0 Å². The van der Waals surface area contributed by atoms with E-state index >= 15 is 4.79 Å². The molecule has 18 N–H and O–H groups in total. The molecule has 4 saturated carbocycles. The van der Waals surface area contributed by atoms with E-state index in [4.69, 9.17) is 56.8 Å². The van der Waals surface area contributed by atoms with Crippen LogP contribution in [0.1, 0.15) is 114 Å². The Morgan fingerprint density at radius 2 is 1.00 bits per heavy atom. The Morgan fingerprint density at radius 3 is 1.60 bits per heavy atom. The minimum absolute atomic E-state index is 0.00556. The zero-order valence-electron chi connectivity index (χ0n) is 55.3. The SMILES string of the molecule is C[C@@H]1O[C@@H](O[C@@H]2[C@@H](O)[C@H](O[C@@H]3[C@@H](O[C@@H]4O[C@@H](C)[C@H](O)[C@@H](O)[C@H]4O)[C@@H](O)[C@H](O[C@H]4[C@H](OC(=O)[C@]56CCC(C)(C)C[C@H]5C5=CC[C@@H]7[C@@]8(C)C[C@H](O)[C@H](O[C@@H]9O[C@H](C(=O)O)[C@@H](O)[C@H](O)[C@H]9O)[C@@](C)(CO)[C@@H]8[C@H](O)C[C@@]7(C)[C@]5(C)CC6)OC[C@H](O)[C@@H]4O)O[C@H]3C)OC[C@H]2O)[C@H](O)[C@H](O)[C@H]1O. The lowest BCUT2D eigenvalue weighted by Gasteiger charge is -2.72. The molecule has 6 heterocycles. The summed E-state index contributed by atoms with van der Waals surface area (Å²) >= 11 is 0. The molecule has 39 atom stereocenters. The van der Waals surface area contributed by atoms with Crippen LogP contribution in [0.2, 0.25) is 0 Å². The van der Waals surface area contributed by atoms with Crippen molar-refractivity contribution in [3.63, 3.8) is 0 Å². The lowest BCUT2D eigenvalue weighted by atomic mass is 9.33. The Balaban J connectivity index is 0.843. The van der Waals surface area contributed by atoms with E-state index in [0.717, 1.165) is 5.57 Å². The molecule has 0 aromatic heterocycles. The van der Waals surface area contributed by atoms with Gasteiger partial charge in [-0.05, 0) is 106 Å². The van der Waals surface area contributed by atoms with E-state index in [-0.39, 0.29) is 30.6 Å². The van der Waals surface area contributed by atoms with Crippen LogP contribution in [0.5, 0.6) is 0 Å². The summed E-state index contributed by atoms with van der Waals surface area (Å²) in [5.74, 6) is -3.90. The largest absolute Gasteiger partial charge is 0.479 e. The van der Waals surface area contributed by atoms with E-state index in [9.17, 15) is 96.7 Å². The standard InChI is InChI=1S/C64H102O32/c1-22-32(70)35(73)39(77)53(87-22)91-45-30(69)20-85-52(42(45)80)90-44-24(3)89-56(43(81)46(44)92-54-40(78)36(74)33(71)23(2)88-54)94-48-34(72)29(68)19-86-57(48)96-58(84)64-14-12-59(4,5)16-26(64)25-10-11-31-60(6)17-28(67)50(95-55-41(79)37(75)38(76)47(93-55)51(82)83)61(7,21-65)49(60)27(66)18-63(31,9)62(25,8)13-15-64/h10,22-24,26-50,52-57,65-81H,11-21H2,1-9H3,(H,82,83)/t22-,23-,24-,26-,27+,28-,29-,30+,31+,32-,33-,34-,35+,36+,37-,38-,39+,40+,41+,42+,43+,44-,45-,46-,47-,48+,49+,50-,52-,53-,54-,55-,56-,57-,60+,61-,62+,63+,64-/m0/s1. The molecule has 10 fully saturated rings. The summed E-state index contributed by atoms with van der Waals surface area (Å²) in [5.41, 5.74) is -4.47. The summed E-state index contributed by atoms with van der Waals surface area (Å²) in [7, 11) is 0. The molecule has 6 saturated heterocycles. The molecule has 550 valence electrons. The molecule has 0 bridgehead atoms. The second-order valence-corrected chi connectivity index (χ2v) is 31.1. The average molecular weight is 1380 g/mol. The van der Waals surface area contributed by atoms with Crippen LogP contribution in [0.25, 0.3) is 0 Å². The summed E-state index contributed by atoms with van der Waals surface area (Å²) in [4.78, 5) is 27.7. The summed E-state index contributed by atoms with van der Waals surface area (Å²) in [6.07, 6.45) is -48.0. The minimum Gasteiger partial charge on any atom is -0.479 e. The normalized spacial score (nSPS) is 55.9. The lowest BCUT2D eigenvalue weighted by molar-refractivity contribution is -0.395. The molecule has 11 aliphatic rings. The first-order chi connectivity index (χ1) is 44.8. The Bertz CT molecular complexity index is 2790. The number of aliphatic hydroxyl groups excluding tert-OH is 17. The van der Waals surface area contributed by atoms with E-state index in [2.05, 4.69) is 33.8 Å². The fourth-order valence-corrected chi connectivity index (χ4v) is 19.1. The topological polar surface area (TPSA) is 509 Å². The van der Waals surface area contributed by atoms with Gasteiger partial charge in [0.2, 0.25) is 6.29 Å². The highest BCUT2D eigenvalue weighted by Gasteiger charge is 2.74. The van der Waals surface area contributed by atoms with E-state index in [1.165, 1.54) is 20.8 Å². The van der Waals surface area contributed by atoms with E-state index < -0.39 is 261 Å². The third kappa shape index (κ3) is 12.5. The van der Waals surface area contributed by atoms with Gasteiger partial charge in [0.15, 0.2) is 43.7 Å². The Labute approximate surface area is 554 Å². The molecule has 0 amide bonds. The van der Waals surface area contributed by atoms with Gasteiger partial charge in [-0.3, -0.25) is 4.79 Å². The van der Waals surface area contributed by atoms with Crippen molar-refractivity contribution < 1.29 is 158 Å². The van der Waals surface area contributed by atoms with Crippen molar-refractivity contribution in [2.75, 3.05) is 19.8 Å². The molecule has 11 rings (SSSR count). The van der Waals surface area contributed by atoms with Crippen molar-refractivity contribution in [2.24, 2.45) is 50.2 Å². The van der Waals surface area contributed by atoms with Crippen molar-refractivity contribution >= 4 is 11.9 Å². The predicted molar refractivity (Wildman–Crippen MR) is 317 cm³/mol. The van der Waals surface area contributed by atoms with Gasteiger partial charge in [-0.15, -0.1) is 0 Å². The smallest absolute Gasteiger partial charge is 0.335 e. The zero-order valence-corrected chi connectivity index (χ0v) is 55.3. The van der Waals surface area contributed by atoms with Crippen LogP contribution in [0.15, 0.2) is 11.6 Å². The van der Waals surface area contributed by atoms with E-state index in [1.54, 1.807) is 6.92 Å². The second-order valence-electron chi connectivity index (χ2n) is 31.1. The maximum Gasteiger partial charge on any atom is 0.335 e. The van der Waals surface area contributed by atoms with Crippen molar-refractivity contribution in [3.8, 4) is 0 Å². The molecule has 0 aromatic rings. The van der Waals surface area contributed by atoms with Crippen molar-refractivity contribution in [3.05, 3.63) is 11.6 Å². The fourth-order valence-electron chi connectivity index (χ4n) is 19.1.